The molecular weight excluding hydrogens is 675 g/mol. The molecule has 0 unspecified atom stereocenters. The van der Waals surface area contributed by atoms with Gasteiger partial charge in [0.05, 0.1) is 18.6 Å². The van der Waals surface area contributed by atoms with Gasteiger partial charge in [-0.25, -0.2) is 10.0 Å². The number of amides is 3. The monoisotopic (exact) mass is 721 g/mol. The second kappa shape index (κ2) is 15.4. The highest BCUT2D eigenvalue weighted by atomic mass is 16.3. The minimum Gasteiger partial charge on any atom is -0.508 e. The number of hydrogen-bond donors (Lipinski definition) is 1. The summed E-state index contributed by atoms with van der Waals surface area (Å²) in [5.41, 5.74) is 8.10. The first kappa shape index (κ1) is 35.4. The fraction of sp³-hybridized carbons (Fsp3) is 0.311. The number of hydrogen-bond acceptors (Lipinski definition) is 5. The Bertz CT molecular complexity index is 2160. The highest BCUT2D eigenvalue weighted by molar-refractivity contribution is 5.93. The molecule has 8 rings (SSSR count). The van der Waals surface area contributed by atoms with Crippen molar-refractivity contribution < 1.29 is 19.5 Å². The summed E-state index contributed by atoms with van der Waals surface area (Å²) in [4.78, 5) is 46.8. The number of hydrazine groups is 1. The van der Waals surface area contributed by atoms with Gasteiger partial charge < -0.3 is 19.5 Å². The molecule has 3 amide bonds. The van der Waals surface area contributed by atoms with Crippen molar-refractivity contribution >= 4 is 28.6 Å². The number of rotatable bonds is 11. The fourth-order valence-electron chi connectivity index (χ4n) is 8.81. The molecular formula is C45H47N5O4. The molecule has 2 fully saturated rings. The zero-order chi connectivity index (χ0) is 37.2. The second-order valence-electron chi connectivity index (χ2n) is 14.8. The van der Waals surface area contributed by atoms with Gasteiger partial charge in [-0.15, -0.1) is 6.58 Å². The molecule has 2 aliphatic heterocycles. The zero-order valence-corrected chi connectivity index (χ0v) is 30.6. The number of phenolic OH excluding ortho intramolecular Hbond substituents is 1. The largest absolute Gasteiger partial charge is 0.508 e. The number of fused-ring (bicyclic) bond motifs is 4. The molecule has 9 heteroatoms. The third-order valence-corrected chi connectivity index (χ3v) is 11.3. The number of aryl methyl sites for hydroxylation is 2. The van der Waals surface area contributed by atoms with Crippen molar-refractivity contribution in [1.82, 2.24) is 24.4 Å². The molecule has 2 atom stereocenters. The van der Waals surface area contributed by atoms with Crippen molar-refractivity contribution in [1.29, 1.82) is 0 Å². The minimum atomic E-state index is -0.834. The summed E-state index contributed by atoms with van der Waals surface area (Å²) in [5, 5.41) is 14.8. The van der Waals surface area contributed by atoms with Crippen LogP contribution in [0.15, 0.2) is 116 Å². The Morgan fingerprint density at radius 2 is 1.54 bits per heavy atom. The van der Waals surface area contributed by atoms with E-state index < -0.39 is 12.2 Å². The van der Waals surface area contributed by atoms with Gasteiger partial charge in [-0.3, -0.25) is 14.4 Å². The Labute approximate surface area is 316 Å². The van der Waals surface area contributed by atoms with Crippen LogP contribution in [0.25, 0.3) is 10.9 Å². The molecule has 1 aromatic heterocycles. The van der Waals surface area contributed by atoms with Gasteiger partial charge in [-0.05, 0) is 72.1 Å². The maximum Gasteiger partial charge on any atom is 0.246 e. The Hall–Kier alpha value is -5.67. The number of piperazine rings is 1. The summed E-state index contributed by atoms with van der Waals surface area (Å²) in [5.74, 6) is -0.319. The maximum atomic E-state index is 14.8. The Morgan fingerprint density at radius 1 is 0.815 bits per heavy atom. The normalized spacial score (nSPS) is 18.9. The summed E-state index contributed by atoms with van der Waals surface area (Å²) in [6.45, 7) is 5.48. The van der Waals surface area contributed by atoms with Crippen LogP contribution in [0.5, 0.6) is 5.75 Å². The van der Waals surface area contributed by atoms with Crippen LogP contribution in [0.4, 0.5) is 0 Å². The molecule has 2 saturated heterocycles. The minimum absolute atomic E-state index is 0.0309. The van der Waals surface area contributed by atoms with Crippen LogP contribution in [-0.2, 0) is 53.2 Å². The number of aromatic nitrogens is 1. The Kier molecular flexibility index (Phi) is 10.1. The van der Waals surface area contributed by atoms with Crippen molar-refractivity contribution in [3.05, 3.63) is 149 Å². The van der Waals surface area contributed by atoms with E-state index in [1.807, 2.05) is 41.3 Å². The molecule has 1 N–H and O–H groups in total. The van der Waals surface area contributed by atoms with Crippen molar-refractivity contribution in [2.45, 2.75) is 70.2 Å². The predicted molar refractivity (Wildman–Crippen MR) is 209 cm³/mol. The lowest BCUT2D eigenvalue weighted by atomic mass is 9.95. The molecule has 4 aromatic carbocycles. The first-order valence-electron chi connectivity index (χ1n) is 19.1. The van der Waals surface area contributed by atoms with Crippen LogP contribution in [0.3, 0.4) is 0 Å². The van der Waals surface area contributed by atoms with E-state index in [0.29, 0.717) is 19.5 Å². The summed E-state index contributed by atoms with van der Waals surface area (Å²) in [7, 11) is 0. The number of nitrogens with zero attached hydrogens (tertiary/aromatic N) is 5. The van der Waals surface area contributed by atoms with Gasteiger partial charge in [-0.2, -0.15) is 0 Å². The number of para-hydroxylation sites is 1. The number of benzene rings is 4. The number of aromatic hydroxyl groups is 1. The Balaban J connectivity index is 1.19. The van der Waals surface area contributed by atoms with Gasteiger partial charge in [0, 0.05) is 43.6 Å². The molecule has 0 radical (unpaired) electrons. The summed E-state index contributed by atoms with van der Waals surface area (Å²) in [6.07, 6.45) is 6.45. The highest BCUT2D eigenvalue weighted by Crippen LogP contribution is 2.36. The van der Waals surface area contributed by atoms with Crippen molar-refractivity contribution in [2.75, 3.05) is 19.6 Å². The molecule has 5 aromatic rings. The van der Waals surface area contributed by atoms with E-state index in [1.165, 1.54) is 22.2 Å². The van der Waals surface area contributed by atoms with E-state index in [-0.39, 0.29) is 49.4 Å². The number of carbonyl (C=O) groups excluding carboxylic acids is 3. The summed E-state index contributed by atoms with van der Waals surface area (Å²) < 4.78 is 2.47. The van der Waals surface area contributed by atoms with Gasteiger partial charge in [0.1, 0.15) is 18.0 Å². The van der Waals surface area contributed by atoms with E-state index in [1.54, 1.807) is 45.3 Å². The smallest absolute Gasteiger partial charge is 0.246 e. The van der Waals surface area contributed by atoms with Gasteiger partial charge in [0.2, 0.25) is 17.7 Å². The third-order valence-electron chi connectivity index (χ3n) is 11.3. The van der Waals surface area contributed by atoms with E-state index in [2.05, 4.69) is 53.6 Å². The first-order valence-corrected chi connectivity index (χ1v) is 19.1. The lowest BCUT2D eigenvalue weighted by Crippen LogP contribution is -2.75. The molecule has 0 saturated carbocycles. The van der Waals surface area contributed by atoms with Gasteiger partial charge in [-0.1, -0.05) is 97.1 Å². The molecule has 54 heavy (non-hydrogen) atoms. The predicted octanol–water partition coefficient (Wildman–Crippen LogP) is 6.26. The molecule has 1 aliphatic carbocycles. The molecule has 3 heterocycles. The molecule has 3 aliphatic rings. The molecule has 9 nitrogen and oxygen atoms in total. The van der Waals surface area contributed by atoms with Gasteiger partial charge >= 0.3 is 0 Å². The van der Waals surface area contributed by atoms with Gasteiger partial charge in [0.15, 0.2) is 0 Å². The van der Waals surface area contributed by atoms with Crippen molar-refractivity contribution in [3.8, 4) is 5.75 Å². The molecule has 0 spiro atoms. The topological polar surface area (TPSA) is 89.3 Å². The van der Waals surface area contributed by atoms with E-state index in [9.17, 15) is 19.5 Å². The fourth-order valence-corrected chi connectivity index (χ4v) is 8.81. The first-order chi connectivity index (χ1) is 26.4. The number of phenols is 1. The van der Waals surface area contributed by atoms with Crippen LogP contribution in [0.2, 0.25) is 0 Å². The highest BCUT2D eigenvalue weighted by Gasteiger charge is 2.51. The second-order valence-corrected chi connectivity index (χ2v) is 14.8. The Morgan fingerprint density at radius 3 is 2.28 bits per heavy atom. The third kappa shape index (κ3) is 6.92. The van der Waals surface area contributed by atoms with Crippen LogP contribution < -0.4 is 0 Å². The van der Waals surface area contributed by atoms with E-state index >= 15 is 0 Å². The molecule has 0 bridgehead atoms. The average molecular weight is 722 g/mol. The van der Waals surface area contributed by atoms with Gasteiger partial charge in [0.25, 0.3) is 0 Å². The van der Waals surface area contributed by atoms with Crippen LogP contribution >= 0.6 is 0 Å². The zero-order valence-electron chi connectivity index (χ0n) is 30.6. The van der Waals surface area contributed by atoms with Crippen LogP contribution in [0, 0.1) is 0 Å². The van der Waals surface area contributed by atoms with Crippen molar-refractivity contribution in [2.24, 2.45) is 0 Å². The maximum absolute atomic E-state index is 14.8. The van der Waals surface area contributed by atoms with E-state index in [4.69, 9.17) is 0 Å². The lowest BCUT2D eigenvalue weighted by molar-refractivity contribution is -0.205. The quantitative estimate of drug-likeness (QED) is 0.163. The average Bonchev–Trinajstić information content (AvgIpc) is 3.51. The standard InChI is InChI=1S/C45H47N5O4/c1-2-26-47-31-43(53)49-40(27-33-20-23-36(51)24-21-33)45(54)46(30-41(49)50(47)42(52)25-22-32-12-5-3-6-13-32)29-35-16-11-18-38-37-17-9-10-19-39(37)48(44(35)38)28-34-14-7-4-8-15-34/h2-8,11-16,18,20-21,23-24,40-41,51H,1,9-10,17,19,22,25-31H2/t40-,41-/m0/s1. The molecule has 276 valence electrons. The van der Waals surface area contributed by atoms with E-state index in [0.717, 1.165) is 54.4 Å². The summed E-state index contributed by atoms with van der Waals surface area (Å²) in [6, 6.07) is 32.9. The van der Waals surface area contributed by atoms with Crippen molar-refractivity contribution in [3.63, 3.8) is 0 Å². The SMILES string of the molecule is C=CCN1CC(=O)N2[C@@H](Cc3ccc(O)cc3)C(=O)N(Cc3cccc4c5c(n(Cc6ccccc6)c34)CCCC5)C[C@@H]2N1C(=O)CCc1ccccc1. The number of carbonyl (C=O) groups is 3. The lowest BCUT2D eigenvalue weighted by Gasteiger charge is -2.55. The van der Waals surface area contributed by atoms with Crippen LogP contribution in [-0.4, -0.2) is 79.1 Å². The summed E-state index contributed by atoms with van der Waals surface area (Å²) >= 11 is 0. The van der Waals surface area contributed by atoms with Crippen LogP contribution in [0.1, 0.15) is 52.8 Å².